The minimum absolute atomic E-state index is 0.165. The molecule has 1 aliphatic heterocycles. The second-order valence-corrected chi connectivity index (χ2v) is 5.83. The van der Waals surface area contributed by atoms with Crippen LogP contribution in [0.2, 0.25) is 0 Å². The highest BCUT2D eigenvalue weighted by Crippen LogP contribution is 2.38. The first-order valence-corrected chi connectivity index (χ1v) is 7.13. The topological polar surface area (TPSA) is 41.5 Å². The van der Waals surface area contributed by atoms with E-state index < -0.39 is 0 Å². The van der Waals surface area contributed by atoms with Crippen molar-refractivity contribution in [2.45, 2.75) is 38.0 Å². The summed E-state index contributed by atoms with van der Waals surface area (Å²) in [6.45, 7) is 6.40. The molecule has 1 aromatic rings. The van der Waals surface area contributed by atoms with Gasteiger partial charge in [0.1, 0.15) is 5.75 Å². The Kier molecular flexibility index (Phi) is 4.48. The zero-order valence-corrected chi connectivity index (χ0v) is 12.2. The number of hydrogen-bond acceptors (Lipinski definition) is 3. The molecular formula is C16H25NO2. The molecule has 2 N–H and O–H groups in total. The molecule has 106 valence electrons. The molecule has 0 radical (unpaired) electrons. The fourth-order valence-corrected chi connectivity index (χ4v) is 2.92. The van der Waals surface area contributed by atoms with Crippen LogP contribution in [0.1, 0.15) is 43.7 Å². The molecule has 3 heteroatoms. The van der Waals surface area contributed by atoms with Crippen LogP contribution in [-0.2, 0) is 5.41 Å². The Hall–Kier alpha value is -1.06. The van der Waals surface area contributed by atoms with Gasteiger partial charge in [0.05, 0.1) is 13.7 Å². The van der Waals surface area contributed by atoms with E-state index in [1.54, 1.807) is 7.11 Å². The van der Waals surface area contributed by atoms with Crippen molar-refractivity contribution < 1.29 is 9.84 Å². The van der Waals surface area contributed by atoms with Gasteiger partial charge in [-0.25, -0.2) is 0 Å². The fraction of sp³-hybridized carbons (Fsp3) is 0.625. The van der Waals surface area contributed by atoms with Gasteiger partial charge in [-0.15, -0.1) is 0 Å². The van der Waals surface area contributed by atoms with Crippen LogP contribution in [-0.4, -0.2) is 31.9 Å². The van der Waals surface area contributed by atoms with Gasteiger partial charge in [0.15, 0.2) is 0 Å². The molecule has 0 aromatic heterocycles. The number of aliphatic hydroxyl groups excluding tert-OH is 1. The van der Waals surface area contributed by atoms with Crippen LogP contribution in [0.5, 0.6) is 5.75 Å². The molecule has 0 bridgehead atoms. The Morgan fingerprint density at radius 2 is 2.21 bits per heavy atom. The maximum absolute atomic E-state index is 9.95. The van der Waals surface area contributed by atoms with E-state index in [1.807, 2.05) is 6.07 Å². The molecule has 0 saturated carbocycles. The number of methoxy groups -OCH3 is 1. The molecule has 0 spiro atoms. The third kappa shape index (κ3) is 2.77. The first-order chi connectivity index (χ1) is 9.13. The van der Waals surface area contributed by atoms with Gasteiger partial charge in [-0.1, -0.05) is 26.0 Å². The zero-order valence-electron chi connectivity index (χ0n) is 12.2. The van der Waals surface area contributed by atoms with Crippen LogP contribution < -0.4 is 10.1 Å². The minimum atomic E-state index is -0.200. The Bertz CT molecular complexity index is 423. The quantitative estimate of drug-likeness (QED) is 0.876. The fourth-order valence-electron chi connectivity index (χ4n) is 2.92. The van der Waals surface area contributed by atoms with Gasteiger partial charge in [-0.3, -0.25) is 0 Å². The smallest absolute Gasteiger partial charge is 0.122 e. The Morgan fingerprint density at radius 3 is 2.74 bits per heavy atom. The highest BCUT2D eigenvalue weighted by molar-refractivity contribution is 5.44. The SMILES string of the molecule is COc1ccc(C(C)C)cc1C1(CO)CCCNC1. The molecule has 2 rings (SSSR count). The highest BCUT2D eigenvalue weighted by atomic mass is 16.5. The molecule has 3 nitrogen and oxygen atoms in total. The summed E-state index contributed by atoms with van der Waals surface area (Å²) >= 11 is 0. The van der Waals surface area contributed by atoms with Crippen LogP contribution in [0.15, 0.2) is 18.2 Å². The predicted octanol–water partition coefficient (Wildman–Crippen LogP) is 2.43. The Balaban J connectivity index is 2.47. The molecule has 0 aliphatic carbocycles. The lowest BCUT2D eigenvalue weighted by Gasteiger charge is -2.37. The molecule has 19 heavy (non-hydrogen) atoms. The lowest BCUT2D eigenvalue weighted by atomic mass is 9.74. The van der Waals surface area contributed by atoms with Crippen LogP contribution in [0.25, 0.3) is 0 Å². The van der Waals surface area contributed by atoms with Gasteiger partial charge in [-0.2, -0.15) is 0 Å². The van der Waals surface area contributed by atoms with Crippen molar-refractivity contribution in [2.75, 3.05) is 26.8 Å². The van der Waals surface area contributed by atoms with Crippen LogP contribution in [0.4, 0.5) is 0 Å². The second kappa shape index (κ2) is 5.93. The largest absolute Gasteiger partial charge is 0.496 e. The monoisotopic (exact) mass is 263 g/mol. The maximum atomic E-state index is 9.95. The van der Waals surface area contributed by atoms with Crippen molar-refractivity contribution in [3.05, 3.63) is 29.3 Å². The lowest BCUT2D eigenvalue weighted by molar-refractivity contribution is 0.159. The first kappa shape index (κ1) is 14.4. The normalized spacial score (nSPS) is 23.6. The van der Waals surface area contributed by atoms with E-state index in [0.717, 1.165) is 37.2 Å². The van der Waals surface area contributed by atoms with Crippen LogP contribution >= 0.6 is 0 Å². The molecule has 1 aromatic carbocycles. The number of nitrogens with one attached hydrogen (secondary N) is 1. The maximum Gasteiger partial charge on any atom is 0.122 e. The summed E-state index contributed by atoms with van der Waals surface area (Å²) in [6.07, 6.45) is 2.10. The van der Waals surface area contributed by atoms with E-state index in [4.69, 9.17) is 4.74 Å². The summed E-state index contributed by atoms with van der Waals surface area (Å²) in [5.74, 6) is 1.37. The van der Waals surface area contributed by atoms with E-state index in [1.165, 1.54) is 5.56 Å². The van der Waals surface area contributed by atoms with Gasteiger partial charge in [0.25, 0.3) is 0 Å². The Labute approximate surface area is 116 Å². The number of piperidine rings is 1. The molecular weight excluding hydrogens is 238 g/mol. The molecule has 1 heterocycles. The summed E-state index contributed by atoms with van der Waals surface area (Å²) in [7, 11) is 1.70. The van der Waals surface area contributed by atoms with Gasteiger partial charge < -0.3 is 15.2 Å². The third-order valence-corrected chi connectivity index (χ3v) is 4.24. The van der Waals surface area contributed by atoms with Crippen molar-refractivity contribution >= 4 is 0 Å². The van der Waals surface area contributed by atoms with Gasteiger partial charge in [0, 0.05) is 17.5 Å². The molecule has 1 unspecified atom stereocenters. The number of ether oxygens (including phenoxy) is 1. The number of hydrogen-bond donors (Lipinski definition) is 2. The standard InChI is InChI=1S/C16H25NO2/c1-12(2)13-5-6-15(19-3)14(9-13)16(11-18)7-4-8-17-10-16/h5-6,9,12,17-18H,4,7-8,10-11H2,1-3H3. The van der Waals surface area contributed by atoms with Crippen molar-refractivity contribution in [1.29, 1.82) is 0 Å². The number of benzene rings is 1. The van der Waals surface area contributed by atoms with Crippen LogP contribution in [0.3, 0.4) is 0 Å². The van der Waals surface area contributed by atoms with Gasteiger partial charge in [-0.05, 0) is 36.9 Å². The van der Waals surface area contributed by atoms with Crippen LogP contribution in [0, 0.1) is 0 Å². The van der Waals surface area contributed by atoms with Gasteiger partial charge >= 0.3 is 0 Å². The summed E-state index contributed by atoms with van der Waals surface area (Å²) in [6, 6.07) is 6.37. The minimum Gasteiger partial charge on any atom is -0.496 e. The van der Waals surface area contributed by atoms with E-state index in [2.05, 4.69) is 31.3 Å². The summed E-state index contributed by atoms with van der Waals surface area (Å²) in [5, 5.41) is 13.4. The third-order valence-electron chi connectivity index (χ3n) is 4.24. The molecule has 1 aliphatic rings. The molecule has 0 amide bonds. The predicted molar refractivity (Wildman–Crippen MR) is 78.0 cm³/mol. The molecule has 1 fully saturated rings. The average Bonchev–Trinajstić information content (AvgIpc) is 2.47. The van der Waals surface area contributed by atoms with E-state index in [0.29, 0.717) is 5.92 Å². The van der Waals surface area contributed by atoms with Crippen molar-refractivity contribution in [3.63, 3.8) is 0 Å². The summed E-state index contributed by atoms with van der Waals surface area (Å²) in [4.78, 5) is 0. The summed E-state index contributed by atoms with van der Waals surface area (Å²) in [5.41, 5.74) is 2.25. The van der Waals surface area contributed by atoms with Gasteiger partial charge in [0.2, 0.25) is 0 Å². The van der Waals surface area contributed by atoms with E-state index in [-0.39, 0.29) is 12.0 Å². The van der Waals surface area contributed by atoms with Crippen molar-refractivity contribution in [3.8, 4) is 5.75 Å². The molecule has 1 saturated heterocycles. The van der Waals surface area contributed by atoms with E-state index in [9.17, 15) is 5.11 Å². The number of aliphatic hydroxyl groups is 1. The van der Waals surface area contributed by atoms with Crippen molar-refractivity contribution in [2.24, 2.45) is 0 Å². The Morgan fingerprint density at radius 1 is 1.42 bits per heavy atom. The zero-order chi connectivity index (χ0) is 13.9. The number of rotatable bonds is 4. The average molecular weight is 263 g/mol. The van der Waals surface area contributed by atoms with Crippen molar-refractivity contribution in [1.82, 2.24) is 5.32 Å². The second-order valence-electron chi connectivity index (χ2n) is 5.83. The van der Waals surface area contributed by atoms with E-state index >= 15 is 0 Å². The lowest BCUT2D eigenvalue weighted by Crippen LogP contribution is -2.46. The summed E-state index contributed by atoms with van der Waals surface area (Å²) < 4.78 is 5.52. The highest BCUT2D eigenvalue weighted by Gasteiger charge is 2.36. The molecule has 1 atom stereocenters. The first-order valence-electron chi connectivity index (χ1n) is 7.13.